The molecule has 0 saturated heterocycles. The summed E-state index contributed by atoms with van der Waals surface area (Å²) in [5.41, 5.74) is 11.2. The summed E-state index contributed by atoms with van der Waals surface area (Å²) in [5.74, 6) is 2.52. The minimum Gasteiger partial charge on any atom is -0.458 e. The van der Waals surface area contributed by atoms with Crippen LogP contribution in [0, 0.1) is 6.33 Å². The molecule has 0 radical (unpaired) electrons. The van der Waals surface area contributed by atoms with Gasteiger partial charge >= 0.3 is 0 Å². The van der Waals surface area contributed by atoms with Crippen LogP contribution in [0.15, 0.2) is 206 Å². The van der Waals surface area contributed by atoms with Crippen molar-refractivity contribution in [2.24, 2.45) is 0 Å². The molecule has 0 atom stereocenters. The molecule has 0 aliphatic carbocycles. The minimum atomic E-state index is -0.459. The van der Waals surface area contributed by atoms with Crippen LogP contribution < -0.4 is 9.30 Å². The van der Waals surface area contributed by atoms with Gasteiger partial charge in [-0.1, -0.05) is 220 Å². The maximum Gasteiger partial charge on any atom is 0.231 e. The Labute approximate surface area is 436 Å². The first-order valence-corrected chi connectivity index (χ1v) is 24.9. The molecule has 0 saturated carbocycles. The number of benzene rings is 8. The number of para-hydroxylation sites is 2. The van der Waals surface area contributed by atoms with Crippen molar-refractivity contribution in [3.8, 4) is 73.5 Å². The fourth-order valence-corrected chi connectivity index (χ4v) is 9.65. The highest BCUT2D eigenvalue weighted by Crippen LogP contribution is 2.43. The lowest BCUT2D eigenvalue weighted by atomic mass is 9.78. The van der Waals surface area contributed by atoms with Crippen molar-refractivity contribution in [3.63, 3.8) is 0 Å². The van der Waals surface area contributed by atoms with Crippen molar-refractivity contribution in [1.82, 2.24) is 19.3 Å². The van der Waals surface area contributed by atoms with Crippen molar-refractivity contribution in [3.05, 3.63) is 229 Å². The maximum atomic E-state index is 9.30. The molecule has 0 aliphatic heterocycles. The Morgan fingerprint density at radius 3 is 1.82 bits per heavy atom. The summed E-state index contributed by atoms with van der Waals surface area (Å²) in [6.45, 7) is 19.8. The highest BCUT2D eigenvalue weighted by Gasteiger charge is 2.26. The number of ether oxygens (including phenoxy) is 1. The van der Waals surface area contributed by atoms with Crippen LogP contribution in [0.2, 0.25) is 0 Å². The zero-order valence-corrected chi connectivity index (χ0v) is 42.9. The van der Waals surface area contributed by atoms with Gasteiger partial charge in [0, 0.05) is 34.3 Å². The van der Waals surface area contributed by atoms with Crippen LogP contribution in [0.3, 0.4) is 0 Å². The first kappa shape index (κ1) is 41.3. The molecule has 3 heterocycles. The zero-order valence-electron chi connectivity index (χ0n) is 47.9. The van der Waals surface area contributed by atoms with Crippen molar-refractivity contribution in [1.29, 1.82) is 0 Å². The molecule has 11 aromatic rings. The topological polar surface area (TPSA) is 48.8 Å². The predicted octanol–water partition coefficient (Wildman–Crippen LogP) is 16.8. The average molecular weight is 957 g/mol. The number of hydrogen-bond donors (Lipinski definition) is 0. The van der Waals surface area contributed by atoms with Gasteiger partial charge in [0.05, 0.1) is 23.6 Å². The van der Waals surface area contributed by atoms with E-state index in [1.807, 2.05) is 89.6 Å². The summed E-state index contributed by atoms with van der Waals surface area (Å²) < 4.78 is 57.5. The largest absolute Gasteiger partial charge is 0.458 e. The van der Waals surface area contributed by atoms with Crippen molar-refractivity contribution in [2.75, 3.05) is 0 Å². The van der Waals surface area contributed by atoms with Gasteiger partial charge in [0.2, 0.25) is 12.2 Å². The second-order valence-corrected chi connectivity index (χ2v) is 21.9. The van der Waals surface area contributed by atoms with E-state index in [-0.39, 0.29) is 33.9 Å². The van der Waals surface area contributed by atoms with Crippen molar-refractivity contribution in [2.45, 2.75) is 78.6 Å². The SMILES string of the molecule is [2H]c1c([2H])c([2H])c(-c2cccc(-c3cc(C(C)(C)C)cc(C(C)(C)C)c3)c2-[n+]2[c-]n(-c3cccc(Oc4cc(-c5ccccc5)c5c6ccccc6n(-c6cc(C(C)(C)C)ccn6)c5c4)c3)nc2-c2ccccc2)c([2H])c1[2H]. The molecule has 0 amide bonds. The van der Waals surface area contributed by atoms with Gasteiger partial charge in [0.1, 0.15) is 17.3 Å². The van der Waals surface area contributed by atoms with E-state index in [0.717, 1.165) is 66.6 Å². The van der Waals surface area contributed by atoms with Crippen molar-refractivity contribution >= 4 is 21.8 Å². The molecule has 73 heavy (non-hydrogen) atoms. The van der Waals surface area contributed by atoms with Crippen LogP contribution in [-0.4, -0.2) is 19.3 Å². The lowest BCUT2D eigenvalue weighted by Crippen LogP contribution is -2.33. The van der Waals surface area contributed by atoms with Gasteiger partial charge in [0.15, 0.2) is 0 Å². The number of nitrogens with zero attached hydrogens (tertiary/aromatic N) is 5. The first-order chi connectivity index (χ1) is 37.2. The summed E-state index contributed by atoms with van der Waals surface area (Å²) in [6, 6.07) is 55.4. The monoisotopic (exact) mass is 957 g/mol. The van der Waals surface area contributed by atoms with Crippen LogP contribution >= 0.6 is 0 Å². The van der Waals surface area contributed by atoms with Gasteiger partial charge in [-0.05, 0) is 108 Å². The third-order valence-electron chi connectivity index (χ3n) is 13.6. The molecule has 3 aromatic heterocycles. The van der Waals surface area contributed by atoms with E-state index in [0.29, 0.717) is 34.3 Å². The van der Waals surface area contributed by atoms with E-state index in [9.17, 15) is 2.74 Å². The number of hydrogen-bond acceptors (Lipinski definition) is 3. The summed E-state index contributed by atoms with van der Waals surface area (Å²) in [4.78, 5) is 4.97. The first-order valence-electron chi connectivity index (χ1n) is 27.4. The van der Waals surface area contributed by atoms with E-state index in [1.165, 1.54) is 5.56 Å². The zero-order chi connectivity index (χ0) is 55.0. The Bertz CT molecular complexity index is 4060. The summed E-state index contributed by atoms with van der Waals surface area (Å²) in [6.07, 6.45) is 5.50. The van der Waals surface area contributed by atoms with E-state index in [2.05, 4.69) is 164 Å². The standard InChI is InChI=1S/C67H61N5O/c1-65(2,3)49-35-36-68-61(40-49)72-59-34-20-19-31-57(59)62-58(46-25-15-11-16-26-46)42-54(43-60(62)72)73-53-30-21-29-52(41-53)71-44-70(64(69-71)47-27-17-12-18-28-47)63-55(45-23-13-10-14-24-45)32-22-33-56(63)48-37-50(66(4,5)6)39-51(38-48)67(7,8)9/h10-43H,1-9H3/i10D,13D,14D,23D,24D. The van der Waals surface area contributed by atoms with Crippen LogP contribution in [0.4, 0.5) is 0 Å². The second kappa shape index (κ2) is 18.4. The molecule has 6 nitrogen and oxygen atoms in total. The van der Waals surface area contributed by atoms with Crippen LogP contribution in [-0.2, 0) is 16.2 Å². The molecule has 0 spiro atoms. The smallest absolute Gasteiger partial charge is 0.231 e. The van der Waals surface area contributed by atoms with Crippen LogP contribution in [0.5, 0.6) is 11.5 Å². The van der Waals surface area contributed by atoms with Gasteiger partial charge in [0.25, 0.3) is 0 Å². The summed E-state index contributed by atoms with van der Waals surface area (Å²) >= 11 is 0. The van der Waals surface area contributed by atoms with Gasteiger partial charge in [-0.3, -0.25) is 4.57 Å². The molecule has 0 unspecified atom stereocenters. The Kier molecular flexibility index (Phi) is 10.4. The maximum absolute atomic E-state index is 9.30. The number of fused-ring (bicyclic) bond motifs is 3. The van der Waals surface area contributed by atoms with Gasteiger partial charge in [-0.15, -0.1) is 0 Å². The highest BCUT2D eigenvalue weighted by molar-refractivity contribution is 6.16. The fraction of sp³-hybridized carbons (Fsp3) is 0.179. The molecule has 8 aromatic carbocycles. The molecule has 11 rings (SSSR count). The highest BCUT2D eigenvalue weighted by atomic mass is 16.5. The molecular weight excluding hydrogens is 891 g/mol. The summed E-state index contributed by atoms with van der Waals surface area (Å²) in [5, 5.41) is 7.50. The predicted molar refractivity (Wildman–Crippen MR) is 300 cm³/mol. The van der Waals surface area contributed by atoms with Crippen LogP contribution in [0.1, 0.15) is 85.9 Å². The van der Waals surface area contributed by atoms with E-state index >= 15 is 0 Å². The lowest BCUT2D eigenvalue weighted by Gasteiger charge is -2.27. The Balaban J connectivity index is 1.12. The quantitative estimate of drug-likeness (QED) is 0.107. The molecule has 0 bridgehead atoms. The number of aromatic nitrogens is 5. The molecule has 6 heteroatoms. The van der Waals surface area contributed by atoms with Crippen molar-refractivity contribution < 1.29 is 16.2 Å². The third-order valence-corrected chi connectivity index (χ3v) is 13.6. The number of rotatable bonds is 9. The van der Waals surface area contributed by atoms with E-state index < -0.39 is 18.1 Å². The summed E-state index contributed by atoms with van der Waals surface area (Å²) in [7, 11) is 0. The molecule has 360 valence electrons. The average Bonchev–Trinajstić information content (AvgIpc) is 4.23. The van der Waals surface area contributed by atoms with Gasteiger partial charge in [-0.25, -0.2) is 4.98 Å². The lowest BCUT2D eigenvalue weighted by molar-refractivity contribution is -0.587. The number of pyridine rings is 1. The minimum absolute atomic E-state index is 0.0764. The van der Waals surface area contributed by atoms with E-state index in [1.54, 1.807) is 4.68 Å². The van der Waals surface area contributed by atoms with Gasteiger partial charge in [-0.2, -0.15) is 4.68 Å². The Morgan fingerprint density at radius 1 is 0.507 bits per heavy atom. The van der Waals surface area contributed by atoms with Gasteiger partial charge < -0.3 is 9.30 Å². The molecule has 0 aliphatic rings. The Morgan fingerprint density at radius 2 is 1.14 bits per heavy atom. The normalized spacial score (nSPS) is 13.1. The molecule has 0 fully saturated rings. The third kappa shape index (κ3) is 9.14. The molecule has 0 N–H and O–H groups in total. The molecular formula is C67H61N5O. The second-order valence-electron chi connectivity index (χ2n) is 21.9. The van der Waals surface area contributed by atoms with Crippen LogP contribution in [0.25, 0.3) is 83.8 Å². The Hall–Kier alpha value is -8.35. The van der Waals surface area contributed by atoms with E-state index in [4.69, 9.17) is 18.9 Å². The fourth-order valence-electron chi connectivity index (χ4n) is 9.65.